The molecule has 0 aliphatic heterocycles. The Balaban J connectivity index is 1.34. The summed E-state index contributed by atoms with van der Waals surface area (Å²) in [6.07, 6.45) is 12.4. The molecule has 3 nitrogen and oxygen atoms in total. The number of hydrogen-bond donors (Lipinski definition) is 0. The molecule has 0 heterocycles. The first-order valence-electron chi connectivity index (χ1n) is 15.0. The monoisotopic (exact) mass is 490 g/mol. The molecule has 0 saturated heterocycles. The molecule has 196 valence electrons. The molecule has 4 bridgehead atoms. The maximum absolute atomic E-state index is 13.6. The highest BCUT2D eigenvalue weighted by Gasteiger charge is 2.49. The Labute approximate surface area is 218 Å². The highest BCUT2D eigenvalue weighted by atomic mass is 16.1. The Hall–Kier alpha value is -1.77. The third-order valence-corrected chi connectivity index (χ3v) is 10.6. The molecule has 1 aromatic carbocycles. The molecule has 3 heteroatoms. The summed E-state index contributed by atoms with van der Waals surface area (Å²) in [6.45, 7) is 7.98. The Morgan fingerprint density at radius 2 is 1.64 bits per heavy atom. The summed E-state index contributed by atoms with van der Waals surface area (Å²) >= 11 is 0. The van der Waals surface area contributed by atoms with Crippen molar-refractivity contribution in [2.24, 2.45) is 41.4 Å². The van der Waals surface area contributed by atoms with Gasteiger partial charge in [-0.3, -0.25) is 14.4 Å². The first-order chi connectivity index (χ1) is 17.3. The number of ketones is 3. The van der Waals surface area contributed by atoms with E-state index < -0.39 is 0 Å². The van der Waals surface area contributed by atoms with Crippen LogP contribution in [0.4, 0.5) is 0 Å². The van der Waals surface area contributed by atoms with Gasteiger partial charge < -0.3 is 0 Å². The minimum atomic E-state index is -0.0635. The van der Waals surface area contributed by atoms with Crippen LogP contribution in [0.5, 0.6) is 0 Å². The predicted molar refractivity (Wildman–Crippen MR) is 144 cm³/mol. The van der Waals surface area contributed by atoms with Gasteiger partial charge in [0.2, 0.25) is 0 Å². The maximum atomic E-state index is 13.6. The van der Waals surface area contributed by atoms with E-state index >= 15 is 0 Å². The number of carbonyl (C=O) groups is 3. The van der Waals surface area contributed by atoms with Crippen LogP contribution in [0, 0.1) is 48.3 Å². The zero-order chi connectivity index (χ0) is 25.6. The molecule has 5 aliphatic carbocycles. The Bertz CT molecular complexity index is 992. The minimum Gasteiger partial charge on any atom is -0.300 e. The number of carbonyl (C=O) groups excluding carboxylic acids is 3. The summed E-state index contributed by atoms with van der Waals surface area (Å²) in [7, 11) is 0. The zero-order valence-electron chi connectivity index (χ0n) is 23.0. The van der Waals surface area contributed by atoms with Crippen molar-refractivity contribution in [2.75, 3.05) is 0 Å². The SMILES string of the molecule is CCCC(CC1CC(=O)c2c(ccc(C3C4CC5CC(C4)CC3C5)c2C)C1)C(CC)C(=O)CC(C)=O. The van der Waals surface area contributed by atoms with Gasteiger partial charge in [0.15, 0.2) is 5.78 Å². The lowest BCUT2D eigenvalue weighted by atomic mass is 9.50. The van der Waals surface area contributed by atoms with E-state index in [2.05, 4.69) is 32.9 Å². The van der Waals surface area contributed by atoms with Crippen molar-refractivity contribution in [3.05, 3.63) is 34.4 Å². The number of rotatable bonds is 10. The lowest BCUT2D eigenvalue weighted by Gasteiger charge is -2.55. The van der Waals surface area contributed by atoms with Gasteiger partial charge in [-0.2, -0.15) is 0 Å². The molecular weight excluding hydrogens is 444 g/mol. The number of Topliss-reactive ketones (excluding diaryl/α,β-unsaturated/α-hetero) is 3. The van der Waals surface area contributed by atoms with Gasteiger partial charge in [-0.15, -0.1) is 0 Å². The van der Waals surface area contributed by atoms with E-state index in [0.717, 1.165) is 61.3 Å². The normalized spacial score (nSPS) is 32.3. The van der Waals surface area contributed by atoms with Gasteiger partial charge in [0.25, 0.3) is 0 Å². The summed E-state index contributed by atoms with van der Waals surface area (Å²) in [4.78, 5) is 38.1. The first-order valence-corrected chi connectivity index (χ1v) is 15.0. The quantitative estimate of drug-likeness (QED) is 0.316. The largest absolute Gasteiger partial charge is 0.300 e. The second-order valence-corrected chi connectivity index (χ2v) is 13.1. The van der Waals surface area contributed by atoms with Gasteiger partial charge in [-0.05, 0) is 123 Å². The zero-order valence-corrected chi connectivity index (χ0v) is 23.0. The summed E-state index contributed by atoms with van der Waals surface area (Å²) in [5, 5.41) is 0. The van der Waals surface area contributed by atoms with Crippen LogP contribution in [0.3, 0.4) is 0 Å². The van der Waals surface area contributed by atoms with E-state index in [1.165, 1.54) is 55.7 Å². The van der Waals surface area contributed by atoms with Crippen LogP contribution in [0.15, 0.2) is 12.1 Å². The van der Waals surface area contributed by atoms with Crippen molar-refractivity contribution in [2.45, 2.75) is 111 Å². The average molecular weight is 491 g/mol. The maximum Gasteiger partial charge on any atom is 0.163 e. The van der Waals surface area contributed by atoms with E-state index in [9.17, 15) is 14.4 Å². The summed E-state index contributed by atoms with van der Waals surface area (Å²) in [5.41, 5.74) is 5.03. The van der Waals surface area contributed by atoms with Crippen LogP contribution in [-0.4, -0.2) is 17.3 Å². The molecule has 3 atom stereocenters. The second kappa shape index (κ2) is 10.5. The molecular formula is C33H46O3. The van der Waals surface area contributed by atoms with Gasteiger partial charge >= 0.3 is 0 Å². The van der Waals surface area contributed by atoms with Crippen molar-refractivity contribution in [3.63, 3.8) is 0 Å². The molecule has 0 N–H and O–H groups in total. The molecule has 4 fully saturated rings. The highest BCUT2D eigenvalue weighted by molar-refractivity contribution is 6.00. The van der Waals surface area contributed by atoms with Crippen LogP contribution in [0.25, 0.3) is 0 Å². The molecule has 6 rings (SSSR count). The van der Waals surface area contributed by atoms with Gasteiger partial charge in [-0.1, -0.05) is 38.8 Å². The van der Waals surface area contributed by atoms with E-state index in [0.29, 0.717) is 24.0 Å². The highest BCUT2D eigenvalue weighted by Crippen LogP contribution is 2.60. The molecule has 0 radical (unpaired) electrons. The predicted octanol–water partition coefficient (Wildman–Crippen LogP) is 7.66. The van der Waals surface area contributed by atoms with Crippen molar-refractivity contribution < 1.29 is 14.4 Å². The third-order valence-electron chi connectivity index (χ3n) is 10.6. The number of hydrogen-bond acceptors (Lipinski definition) is 3. The molecule has 4 saturated carbocycles. The van der Waals surface area contributed by atoms with Crippen molar-refractivity contribution in [3.8, 4) is 0 Å². The fourth-order valence-corrected chi connectivity index (χ4v) is 9.53. The second-order valence-electron chi connectivity index (χ2n) is 13.1. The molecule has 36 heavy (non-hydrogen) atoms. The Kier molecular flexibility index (Phi) is 7.57. The van der Waals surface area contributed by atoms with Crippen LogP contribution in [0.2, 0.25) is 0 Å². The average Bonchev–Trinajstić information content (AvgIpc) is 2.79. The van der Waals surface area contributed by atoms with Crippen molar-refractivity contribution >= 4 is 17.3 Å². The minimum absolute atomic E-state index is 0.0408. The first kappa shape index (κ1) is 25.9. The summed E-state index contributed by atoms with van der Waals surface area (Å²) in [5.74, 6) is 5.14. The standard InChI is InChI=1S/C33H46O3/c1-5-7-24(28(6-2)30(35)10-19(3)34)12-23-13-25-8-9-29(20(4)32(25)31(36)18-23)33-26-14-21-11-22(16-26)17-27(33)15-21/h8-9,21-24,26-28,33H,5-7,10-18H2,1-4H3. The van der Waals surface area contributed by atoms with E-state index in [1.807, 2.05) is 0 Å². The van der Waals surface area contributed by atoms with E-state index in [4.69, 9.17) is 0 Å². The lowest BCUT2D eigenvalue weighted by molar-refractivity contribution is -0.129. The molecule has 0 amide bonds. The van der Waals surface area contributed by atoms with Crippen LogP contribution >= 0.6 is 0 Å². The molecule has 1 aromatic rings. The smallest absolute Gasteiger partial charge is 0.163 e. The Morgan fingerprint density at radius 1 is 0.972 bits per heavy atom. The van der Waals surface area contributed by atoms with Gasteiger partial charge in [0.1, 0.15) is 11.6 Å². The molecule has 5 aliphatic rings. The van der Waals surface area contributed by atoms with Gasteiger partial charge in [-0.25, -0.2) is 0 Å². The summed E-state index contributed by atoms with van der Waals surface area (Å²) in [6, 6.07) is 4.69. The van der Waals surface area contributed by atoms with E-state index in [1.54, 1.807) is 0 Å². The number of benzene rings is 1. The van der Waals surface area contributed by atoms with Gasteiger partial charge in [0.05, 0.1) is 6.42 Å². The number of fused-ring (bicyclic) bond motifs is 1. The fraction of sp³-hybridized carbons (Fsp3) is 0.727. The fourth-order valence-electron chi connectivity index (χ4n) is 9.53. The Morgan fingerprint density at radius 3 is 2.22 bits per heavy atom. The summed E-state index contributed by atoms with van der Waals surface area (Å²) < 4.78 is 0. The molecule has 0 spiro atoms. The van der Waals surface area contributed by atoms with E-state index in [-0.39, 0.29) is 29.8 Å². The van der Waals surface area contributed by atoms with Crippen LogP contribution in [-0.2, 0) is 16.0 Å². The van der Waals surface area contributed by atoms with Crippen molar-refractivity contribution in [1.29, 1.82) is 0 Å². The lowest BCUT2D eigenvalue weighted by Crippen LogP contribution is -2.44. The van der Waals surface area contributed by atoms with Gasteiger partial charge in [0, 0.05) is 17.9 Å². The third kappa shape index (κ3) is 4.88. The van der Waals surface area contributed by atoms with Crippen LogP contribution < -0.4 is 0 Å². The van der Waals surface area contributed by atoms with Crippen LogP contribution in [0.1, 0.15) is 124 Å². The molecule has 0 aromatic heterocycles. The topological polar surface area (TPSA) is 51.2 Å². The van der Waals surface area contributed by atoms with Crippen molar-refractivity contribution in [1.82, 2.24) is 0 Å². The molecule has 3 unspecified atom stereocenters.